The van der Waals surface area contributed by atoms with Gasteiger partial charge in [0, 0.05) is 43.2 Å². The number of benzene rings is 2. The van der Waals surface area contributed by atoms with Gasteiger partial charge in [-0.25, -0.2) is 4.98 Å². The van der Waals surface area contributed by atoms with Crippen molar-refractivity contribution >= 4 is 63.6 Å². The highest BCUT2D eigenvalue weighted by molar-refractivity contribution is 6.34. The summed E-state index contributed by atoms with van der Waals surface area (Å²) >= 11 is 12.6. The van der Waals surface area contributed by atoms with Crippen molar-refractivity contribution in [2.24, 2.45) is 0 Å². The smallest absolute Gasteiger partial charge is 0.247 e. The van der Waals surface area contributed by atoms with Crippen LogP contribution in [-0.4, -0.2) is 54.0 Å². The second kappa shape index (κ2) is 10.7. The topological polar surface area (TPSA) is 85.4 Å². The van der Waals surface area contributed by atoms with Crippen LogP contribution >= 0.6 is 23.2 Å². The lowest BCUT2D eigenvalue weighted by molar-refractivity contribution is -0.111. The van der Waals surface area contributed by atoms with Gasteiger partial charge in [-0.1, -0.05) is 35.8 Å². The van der Waals surface area contributed by atoms with Gasteiger partial charge in [-0.3, -0.25) is 4.79 Å². The molecule has 4 rings (SSSR count). The predicted octanol–water partition coefficient (Wildman–Crippen LogP) is 5.15. The summed E-state index contributed by atoms with van der Waals surface area (Å²) in [5, 5.41) is 9.77. The number of aromatic nitrogens is 2. The van der Waals surface area contributed by atoms with Crippen molar-refractivity contribution in [3.63, 3.8) is 0 Å². The van der Waals surface area contributed by atoms with E-state index in [0.717, 1.165) is 37.6 Å². The zero-order chi connectivity index (χ0) is 24.1. The highest BCUT2D eigenvalue weighted by Gasteiger charge is 2.15. The van der Waals surface area contributed by atoms with Crippen LogP contribution in [0.4, 0.5) is 34.5 Å². The molecule has 0 spiro atoms. The van der Waals surface area contributed by atoms with Crippen LogP contribution in [0.2, 0.25) is 10.0 Å². The standard InChI is InChI=1S/C24H25Cl2N7O/c1-3-22(34)30-21-8-7-17(14-19(21)25)28-23-20(26)15-27-24(31-23)29-16-5-4-6-18(13-16)33-11-9-32(2)10-12-33/h3-8,13-15H,1,9-12H2,2H3,(H,30,34)(H2,27,28,29,31). The Hall–Kier alpha value is -3.33. The van der Waals surface area contributed by atoms with E-state index in [9.17, 15) is 4.79 Å². The minimum atomic E-state index is -0.339. The van der Waals surface area contributed by atoms with Gasteiger partial charge in [0.05, 0.1) is 16.9 Å². The third kappa shape index (κ3) is 5.96. The minimum Gasteiger partial charge on any atom is -0.369 e. The number of amides is 1. The van der Waals surface area contributed by atoms with Crippen LogP contribution in [0, 0.1) is 0 Å². The number of carbonyl (C=O) groups excluding carboxylic acids is 1. The van der Waals surface area contributed by atoms with E-state index in [2.05, 4.69) is 61.5 Å². The maximum Gasteiger partial charge on any atom is 0.247 e. The molecule has 2 heterocycles. The lowest BCUT2D eigenvalue weighted by Crippen LogP contribution is -2.44. The summed E-state index contributed by atoms with van der Waals surface area (Å²) in [5.41, 5.74) is 3.18. The molecule has 1 aliphatic rings. The van der Waals surface area contributed by atoms with Crippen molar-refractivity contribution in [1.29, 1.82) is 0 Å². The first kappa shape index (κ1) is 23.8. The highest BCUT2D eigenvalue weighted by Crippen LogP contribution is 2.30. The van der Waals surface area contributed by atoms with Crippen molar-refractivity contribution in [3.8, 4) is 0 Å². The van der Waals surface area contributed by atoms with Gasteiger partial charge in [0.1, 0.15) is 5.02 Å². The number of hydrogen-bond donors (Lipinski definition) is 3. The van der Waals surface area contributed by atoms with E-state index in [1.165, 1.54) is 12.3 Å². The van der Waals surface area contributed by atoms with Crippen molar-refractivity contribution in [2.75, 3.05) is 54.1 Å². The molecule has 1 amide bonds. The molecule has 2 aromatic carbocycles. The second-order valence-corrected chi connectivity index (χ2v) is 8.68. The summed E-state index contributed by atoms with van der Waals surface area (Å²) in [6.45, 7) is 7.49. The Bertz CT molecular complexity index is 1200. The molecular formula is C24H25Cl2N7O. The maximum atomic E-state index is 11.5. The van der Waals surface area contributed by atoms with Gasteiger partial charge in [-0.2, -0.15) is 4.98 Å². The van der Waals surface area contributed by atoms with Gasteiger partial charge in [0.25, 0.3) is 0 Å². The van der Waals surface area contributed by atoms with Gasteiger partial charge in [0.15, 0.2) is 5.82 Å². The van der Waals surface area contributed by atoms with E-state index in [-0.39, 0.29) is 5.91 Å². The van der Waals surface area contributed by atoms with E-state index in [0.29, 0.717) is 33.2 Å². The lowest BCUT2D eigenvalue weighted by Gasteiger charge is -2.34. The average Bonchev–Trinajstić information content (AvgIpc) is 2.83. The SMILES string of the molecule is C=CC(=O)Nc1ccc(Nc2nc(Nc3cccc(N4CCN(C)CC4)c3)ncc2Cl)cc1Cl. The van der Waals surface area contributed by atoms with Crippen molar-refractivity contribution < 1.29 is 4.79 Å². The molecule has 3 aromatic rings. The number of piperazine rings is 1. The van der Waals surface area contributed by atoms with Gasteiger partial charge < -0.3 is 25.8 Å². The molecule has 0 aliphatic carbocycles. The van der Waals surface area contributed by atoms with Crippen molar-refractivity contribution in [3.05, 3.63) is 71.4 Å². The Labute approximate surface area is 208 Å². The Balaban J connectivity index is 1.47. The summed E-state index contributed by atoms with van der Waals surface area (Å²) in [7, 11) is 2.14. The van der Waals surface area contributed by atoms with Crippen LogP contribution in [0.15, 0.2) is 61.3 Å². The first-order valence-corrected chi connectivity index (χ1v) is 11.5. The molecule has 0 saturated carbocycles. The number of nitrogens with one attached hydrogen (secondary N) is 3. The van der Waals surface area contributed by atoms with E-state index >= 15 is 0 Å². The third-order valence-electron chi connectivity index (χ3n) is 5.39. The molecule has 34 heavy (non-hydrogen) atoms. The monoisotopic (exact) mass is 497 g/mol. The van der Waals surface area contributed by atoms with Crippen LogP contribution < -0.4 is 20.9 Å². The summed E-state index contributed by atoms with van der Waals surface area (Å²) in [6.07, 6.45) is 2.71. The van der Waals surface area contributed by atoms with Crippen LogP contribution in [0.1, 0.15) is 0 Å². The van der Waals surface area contributed by atoms with E-state index in [1.54, 1.807) is 18.2 Å². The Kier molecular flexibility index (Phi) is 7.52. The molecular weight excluding hydrogens is 473 g/mol. The zero-order valence-electron chi connectivity index (χ0n) is 18.7. The van der Waals surface area contributed by atoms with Crippen LogP contribution in [0.25, 0.3) is 0 Å². The highest BCUT2D eigenvalue weighted by atomic mass is 35.5. The molecule has 1 saturated heterocycles. The number of anilines is 6. The molecule has 0 radical (unpaired) electrons. The Morgan fingerprint density at radius 1 is 1.03 bits per heavy atom. The molecule has 0 atom stereocenters. The quantitative estimate of drug-likeness (QED) is 0.389. The normalized spacial score (nSPS) is 13.9. The van der Waals surface area contributed by atoms with Crippen LogP contribution in [-0.2, 0) is 4.79 Å². The van der Waals surface area contributed by atoms with E-state index in [4.69, 9.17) is 23.2 Å². The van der Waals surface area contributed by atoms with Crippen molar-refractivity contribution in [2.45, 2.75) is 0 Å². The fourth-order valence-electron chi connectivity index (χ4n) is 3.50. The number of hydrogen-bond acceptors (Lipinski definition) is 7. The molecule has 176 valence electrons. The summed E-state index contributed by atoms with van der Waals surface area (Å²) < 4.78 is 0. The van der Waals surface area contributed by atoms with Crippen molar-refractivity contribution in [1.82, 2.24) is 14.9 Å². The summed E-state index contributed by atoms with van der Waals surface area (Å²) in [5.74, 6) is 0.491. The van der Waals surface area contributed by atoms with Gasteiger partial charge in [-0.15, -0.1) is 0 Å². The molecule has 0 unspecified atom stereocenters. The van der Waals surface area contributed by atoms with E-state index in [1.807, 2.05) is 12.1 Å². The molecule has 3 N–H and O–H groups in total. The molecule has 1 aliphatic heterocycles. The van der Waals surface area contributed by atoms with Gasteiger partial charge in [-0.05, 0) is 49.5 Å². The first-order valence-electron chi connectivity index (χ1n) is 10.7. The summed E-state index contributed by atoms with van der Waals surface area (Å²) in [6, 6.07) is 13.3. The fraction of sp³-hybridized carbons (Fsp3) is 0.208. The number of carbonyl (C=O) groups is 1. The molecule has 10 heteroatoms. The van der Waals surface area contributed by atoms with Crippen LogP contribution in [0.3, 0.4) is 0 Å². The molecule has 1 fully saturated rings. The first-order chi connectivity index (χ1) is 16.4. The lowest BCUT2D eigenvalue weighted by atomic mass is 10.2. The summed E-state index contributed by atoms with van der Waals surface area (Å²) in [4.78, 5) is 25.0. The van der Waals surface area contributed by atoms with Gasteiger partial charge >= 0.3 is 0 Å². The zero-order valence-corrected chi connectivity index (χ0v) is 20.2. The molecule has 0 bridgehead atoms. The predicted molar refractivity (Wildman–Crippen MR) is 140 cm³/mol. The number of likely N-dealkylation sites (N-methyl/N-ethyl adjacent to an activating group) is 1. The number of halogens is 2. The van der Waals surface area contributed by atoms with Crippen LogP contribution in [0.5, 0.6) is 0 Å². The largest absolute Gasteiger partial charge is 0.369 e. The maximum absolute atomic E-state index is 11.5. The fourth-order valence-corrected chi connectivity index (χ4v) is 3.87. The molecule has 8 nitrogen and oxygen atoms in total. The van der Waals surface area contributed by atoms with E-state index < -0.39 is 0 Å². The Morgan fingerprint density at radius 2 is 1.79 bits per heavy atom. The second-order valence-electron chi connectivity index (χ2n) is 7.87. The minimum absolute atomic E-state index is 0.339. The average molecular weight is 498 g/mol. The number of nitrogens with zero attached hydrogens (tertiary/aromatic N) is 4. The Morgan fingerprint density at radius 3 is 2.53 bits per heavy atom. The molecule has 1 aromatic heterocycles. The third-order valence-corrected chi connectivity index (χ3v) is 5.98. The van der Waals surface area contributed by atoms with Gasteiger partial charge in [0.2, 0.25) is 11.9 Å². The number of rotatable bonds is 7.